The number of carbonyl (C=O) groups is 2. The topological polar surface area (TPSA) is 57.2 Å². The predicted octanol–water partition coefficient (Wildman–Crippen LogP) is 0.150. The van der Waals surface area contributed by atoms with Crippen LogP contribution >= 0.6 is 0 Å². The Morgan fingerprint density at radius 3 is 1.88 bits per heavy atom. The van der Waals surface area contributed by atoms with Crippen LogP contribution in [0, 0.1) is 0 Å². The molecule has 0 aliphatic carbocycles. The number of ketones is 1. The van der Waals surface area contributed by atoms with Gasteiger partial charge in [-0.15, -0.1) is 0 Å². The fourth-order valence-electron chi connectivity index (χ4n) is 0.650. The number of carbonyl (C=O) groups excluding carboxylic acids is 2. The first-order valence-electron chi connectivity index (χ1n) is 4.92. The van der Waals surface area contributed by atoms with Gasteiger partial charge in [0.05, 0.1) is 40.1 Å². The summed E-state index contributed by atoms with van der Waals surface area (Å²) in [7, 11) is 6.23. The largest absolute Gasteiger partial charge is 0.545 e. The highest BCUT2D eigenvalue weighted by Gasteiger charge is 2.10. The Bertz CT molecular complexity index is 274. The van der Waals surface area contributed by atoms with Gasteiger partial charge in [-0.25, -0.2) is 0 Å². The molecule has 0 aliphatic heterocycles. The highest BCUT2D eigenvalue weighted by Crippen LogP contribution is 1.99. The van der Waals surface area contributed by atoms with E-state index in [2.05, 4.69) is 34.3 Å². The molecule has 0 amide bonds. The molecule has 0 atom stereocenters. The summed E-state index contributed by atoms with van der Waals surface area (Å²) in [6.07, 6.45) is 1.33. The average molecular weight is 227 g/mol. The highest BCUT2D eigenvalue weighted by molar-refractivity contribution is 5.94. The number of allylic oxidation sites excluding steroid dienone is 1. The van der Waals surface area contributed by atoms with Gasteiger partial charge in [0.15, 0.2) is 5.78 Å². The first-order valence-corrected chi connectivity index (χ1v) is 4.92. The number of hydrogen-bond acceptors (Lipinski definition) is 3. The van der Waals surface area contributed by atoms with Gasteiger partial charge >= 0.3 is 0 Å². The molecule has 0 aromatic rings. The molecule has 0 aromatic heterocycles. The molecule has 0 saturated carbocycles. The minimum Gasteiger partial charge on any atom is -0.545 e. The summed E-state index contributed by atoms with van der Waals surface area (Å²) in [5.41, 5.74) is 0.665. The van der Waals surface area contributed by atoms with E-state index < -0.39 is 5.97 Å². The van der Waals surface area contributed by atoms with Crippen molar-refractivity contribution in [2.75, 3.05) is 27.7 Å². The molecule has 4 nitrogen and oxygen atoms in total. The van der Waals surface area contributed by atoms with Crippen LogP contribution in [0.15, 0.2) is 24.8 Å². The lowest BCUT2D eigenvalue weighted by Gasteiger charge is -2.23. The van der Waals surface area contributed by atoms with E-state index in [-0.39, 0.29) is 5.78 Å². The molecule has 16 heavy (non-hydrogen) atoms. The SMILES string of the molecule is C=C(C)C(=O)CC[N+](C)(C)C.C=CC(=O)[O-]. The van der Waals surface area contributed by atoms with Gasteiger partial charge in [0.1, 0.15) is 0 Å². The Kier molecular flexibility index (Phi) is 8.30. The van der Waals surface area contributed by atoms with Crippen LogP contribution in [0.25, 0.3) is 0 Å². The monoisotopic (exact) mass is 227 g/mol. The molecule has 0 radical (unpaired) electrons. The lowest BCUT2D eigenvalue weighted by molar-refractivity contribution is -0.869. The molecule has 4 heteroatoms. The smallest absolute Gasteiger partial charge is 0.163 e. The molecule has 0 heterocycles. The number of Topliss-reactive ketones (excluding diaryl/α,β-unsaturated/α-hetero) is 1. The van der Waals surface area contributed by atoms with Gasteiger partial charge in [0.2, 0.25) is 0 Å². The Balaban J connectivity index is 0. The maximum Gasteiger partial charge on any atom is 0.163 e. The number of carboxylic acids is 1. The van der Waals surface area contributed by atoms with Crippen molar-refractivity contribution in [1.82, 2.24) is 0 Å². The Hall–Kier alpha value is -1.42. The van der Waals surface area contributed by atoms with Crippen LogP contribution in [0.3, 0.4) is 0 Å². The summed E-state index contributed by atoms with van der Waals surface area (Å²) >= 11 is 0. The Morgan fingerprint density at radius 2 is 1.69 bits per heavy atom. The first-order chi connectivity index (χ1) is 7.10. The summed E-state index contributed by atoms with van der Waals surface area (Å²) in [5.74, 6) is -1.05. The van der Waals surface area contributed by atoms with E-state index in [0.717, 1.165) is 17.1 Å². The van der Waals surface area contributed by atoms with Crippen molar-refractivity contribution in [2.45, 2.75) is 13.3 Å². The Labute approximate surface area is 97.5 Å². The quantitative estimate of drug-likeness (QED) is 0.496. The minimum atomic E-state index is -1.23. The zero-order chi connectivity index (χ0) is 13.4. The molecule has 0 fully saturated rings. The van der Waals surface area contributed by atoms with E-state index in [0.29, 0.717) is 12.0 Å². The lowest BCUT2D eigenvalue weighted by Crippen LogP contribution is -2.36. The van der Waals surface area contributed by atoms with Crippen molar-refractivity contribution in [3.05, 3.63) is 24.8 Å². The van der Waals surface area contributed by atoms with E-state index in [4.69, 9.17) is 9.90 Å². The second-order valence-electron chi connectivity index (χ2n) is 4.49. The van der Waals surface area contributed by atoms with Crippen molar-refractivity contribution in [3.8, 4) is 0 Å². The third-order valence-corrected chi connectivity index (χ3v) is 1.65. The van der Waals surface area contributed by atoms with Crippen LogP contribution in [0.5, 0.6) is 0 Å². The van der Waals surface area contributed by atoms with E-state index in [9.17, 15) is 4.79 Å². The summed E-state index contributed by atoms with van der Waals surface area (Å²) in [6.45, 7) is 9.14. The van der Waals surface area contributed by atoms with Gasteiger partial charge in [-0.3, -0.25) is 4.79 Å². The molecule has 0 unspecified atom stereocenters. The zero-order valence-electron chi connectivity index (χ0n) is 10.6. The molecule has 92 valence electrons. The molecule has 0 bridgehead atoms. The number of hydrogen-bond donors (Lipinski definition) is 0. The number of rotatable bonds is 5. The van der Waals surface area contributed by atoms with Crippen LogP contribution in [-0.4, -0.2) is 43.9 Å². The molecular weight excluding hydrogens is 206 g/mol. The van der Waals surface area contributed by atoms with Gasteiger partial charge in [-0.2, -0.15) is 0 Å². The molecule has 0 aromatic carbocycles. The zero-order valence-corrected chi connectivity index (χ0v) is 10.6. The highest BCUT2D eigenvalue weighted by atomic mass is 16.4. The van der Waals surface area contributed by atoms with Gasteiger partial charge in [0.25, 0.3) is 0 Å². The molecule has 0 rings (SSSR count). The number of quaternary nitrogens is 1. The van der Waals surface area contributed by atoms with Crippen molar-refractivity contribution in [1.29, 1.82) is 0 Å². The lowest BCUT2D eigenvalue weighted by atomic mass is 10.1. The normalized spacial score (nSPS) is 9.75. The van der Waals surface area contributed by atoms with Crippen LogP contribution in [0.4, 0.5) is 0 Å². The molecular formula is C12H21NO3. The van der Waals surface area contributed by atoms with Crippen molar-refractivity contribution >= 4 is 11.8 Å². The maximum atomic E-state index is 11.1. The molecule has 0 N–H and O–H groups in total. The van der Waals surface area contributed by atoms with Crippen molar-refractivity contribution < 1.29 is 19.2 Å². The fraction of sp³-hybridized carbons (Fsp3) is 0.500. The summed E-state index contributed by atoms with van der Waals surface area (Å²) in [4.78, 5) is 20.2. The first kappa shape index (κ1) is 17.0. The summed E-state index contributed by atoms with van der Waals surface area (Å²) in [5, 5.41) is 9.14. The summed E-state index contributed by atoms with van der Waals surface area (Å²) < 4.78 is 0.832. The van der Waals surface area contributed by atoms with Gasteiger partial charge in [0, 0.05) is 0 Å². The van der Waals surface area contributed by atoms with Crippen LogP contribution in [0.2, 0.25) is 0 Å². The summed E-state index contributed by atoms with van der Waals surface area (Å²) in [6, 6.07) is 0. The number of aliphatic carboxylic acids is 1. The van der Waals surface area contributed by atoms with Crippen molar-refractivity contribution in [2.24, 2.45) is 0 Å². The average Bonchev–Trinajstić information content (AvgIpc) is 2.13. The van der Waals surface area contributed by atoms with Crippen molar-refractivity contribution in [3.63, 3.8) is 0 Å². The predicted molar refractivity (Wildman–Crippen MR) is 62.5 cm³/mol. The second kappa shape index (κ2) is 7.82. The standard InChI is InChI=1S/C9H18NO.C3H4O2/c1-8(2)9(11)6-7-10(3,4)5;1-2-3(4)5/h1,6-7H2,2-5H3;2H,1H2,(H,4,5)/q+1;/p-1. The van der Waals surface area contributed by atoms with Crippen LogP contribution in [-0.2, 0) is 9.59 Å². The van der Waals surface area contributed by atoms with Gasteiger partial charge < -0.3 is 14.4 Å². The van der Waals surface area contributed by atoms with E-state index in [1.165, 1.54) is 0 Å². The maximum absolute atomic E-state index is 11.1. The Morgan fingerprint density at radius 1 is 1.31 bits per heavy atom. The number of carboxylic acid groups (broad SMARTS) is 1. The molecule has 0 saturated heterocycles. The minimum absolute atomic E-state index is 0.179. The number of nitrogens with zero attached hydrogens (tertiary/aromatic N) is 1. The fourth-order valence-corrected chi connectivity index (χ4v) is 0.650. The van der Waals surface area contributed by atoms with Crippen LogP contribution < -0.4 is 5.11 Å². The second-order valence-corrected chi connectivity index (χ2v) is 4.49. The molecule has 0 aliphatic rings. The van der Waals surface area contributed by atoms with E-state index >= 15 is 0 Å². The third kappa shape index (κ3) is 15.1. The molecule has 0 spiro atoms. The third-order valence-electron chi connectivity index (χ3n) is 1.65. The van der Waals surface area contributed by atoms with Gasteiger partial charge in [-0.05, 0) is 18.6 Å². The van der Waals surface area contributed by atoms with Gasteiger partial charge in [-0.1, -0.05) is 13.2 Å². The van der Waals surface area contributed by atoms with E-state index in [1.807, 2.05) is 0 Å². The van der Waals surface area contributed by atoms with E-state index in [1.54, 1.807) is 6.92 Å². The van der Waals surface area contributed by atoms with Crippen LogP contribution in [0.1, 0.15) is 13.3 Å².